The number of nitrogens with one attached hydrogen (secondary N) is 2. The van der Waals surface area contributed by atoms with Gasteiger partial charge in [0.15, 0.2) is 0 Å². The van der Waals surface area contributed by atoms with E-state index in [1.54, 1.807) is 0 Å². The summed E-state index contributed by atoms with van der Waals surface area (Å²) in [5, 5.41) is 12.2. The van der Waals surface area contributed by atoms with Crippen LogP contribution in [0.25, 0.3) is 54.9 Å². The Hall–Kier alpha value is -6.12. The number of aryl methyl sites for hydroxylation is 4. The molecule has 0 radical (unpaired) electrons. The van der Waals surface area contributed by atoms with Crippen molar-refractivity contribution in [2.45, 2.75) is 40.5 Å². The number of anilines is 4. The highest BCUT2D eigenvalue weighted by molar-refractivity contribution is 6.14. The van der Waals surface area contributed by atoms with Crippen LogP contribution in [0.1, 0.15) is 35.6 Å². The molecule has 0 atom stereocenters. The minimum Gasteiger partial charge on any atom is -0.356 e. The third-order valence-corrected chi connectivity index (χ3v) is 10.2. The van der Waals surface area contributed by atoms with Crippen molar-refractivity contribution in [2.24, 2.45) is 0 Å². The van der Waals surface area contributed by atoms with Gasteiger partial charge in [-0.2, -0.15) is 0 Å². The number of benzene rings is 8. The van der Waals surface area contributed by atoms with E-state index in [0.29, 0.717) is 0 Å². The van der Waals surface area contributed by atoms with Crippen molar-refractivity contribution in [1.82, 2.24) is 0 Å². The van der Waals surface area contributed by atoms with E-state index in [4.69, 9.17) is 0 Å². The SMILES string of the molecule is CCCc1ccc(Nc2ccc(-c3cc(C)c(-c4c(C)cc(-c5ccc(Nc6ccc(C)cc6)cc5)c5ccccc45)c4ccccc34)cc2)cc1. The predicted molar refractivity (Wildman–Crippen MR) is 225 cm³/mol. The van der Waals surface area contributed by atoms with Gasteiger partial charge >= 0.3 is 0 Å². The summed E-state index contributed by atoms with van der Waals surface area (Å²) in [7, 11) is 0. The predicted octanol–water partition coefficient (Wildman–Crippen LogP) is 14.4. The second-order valence-electron chi connectivity index (χ2n) is 14.0. The number of fused-ring (bicyclic) bond motifs is 2. The number of hydrogen-bond donors (Lipinski definition) is 2. The molecule has 254 valence electrons. The Kier molecular flexibility index (Phi) is 9.05. The first-order valence-corrected chi connectivity index (χ1v) is 18.4. The van der Waals surface area contributed by atoms with Crippen molar-refractivity contribution in [2.75, 3.05) is 10.6 Å². The van der Waals surface area contributed by atoms with Gasteiger partial charge in [0.2, 0.25) is 0 Å². The van der Waals surface area contributed by atoms with Crippen molar-refractivity contribution in [3.63, 3.8) is 0 Å². The second-order valence-corrected chi connectivity index (χ2v) is 14.0. The summed E-state index contributed by atoms with van der Waals surface area (Å²) in [6.07, 6.45) is 2.28. The van der Waals surface area contributed by atoms with Gasteiger partial charge in [0.25, 0.3) is 0 Å². The maximum Gasteiger partial charge on any atom is 0.0384 e. The van der Waals surface area contributed by atoms with Crippen LogP contribution in [0.5, 0.6) is 0 Å². The molecule has 0 aliphatic heterocycles. The van der Waals surface area contributed by atoms with Crippen LogP contribution >= 0.6 is 0 Å². The van der Waals surface area contributed by atoms with Crippen LogP contribution in [0.2, 0.25) is 0 Å². The second kappa shape index (κ2) is 14.2. The Morgan fingerprint density at radius 3 is 1.17 bits per heavy atom. The van der Waals surface area contributed by atoms with Crippen LogP contribution in [0, 0.1) is 20.8 Å². The third-order valence-electron chi connectivity index (χ3n) is 10.2. The lowest BCUT2D eigenvalue weighted by Crippen LogP contribution is -1.96. The zero-order valence-electron chi connectivity index (χ0n) is 30.4. The lowest BCUT2D eigenvalue weighted by Gasteiger charge is -2.21. The fraction of sp³-hybridized carbons (Fsp3) is 0.120. The van der Waals surface area contributed by atoms with Crippen LogP contribution in [0.4, 0.5) is 22.7 Å². The van der Waals surface area contributed by atoms with Gasteiger partial charge in [-0.3, -0.25) is 0 Å². The number of rotatable bonds is 9. The first kappa shape index (κ1) is 33.0. The average molecular weight is 673 g/mol. The molecule has 0 saturated heterocycles. The molecule has 0 unspecified atom stereocenters. The van der Waals surface area contributed by atoms with Crippen LogP contribution in [0.3, 0.4) is 0 Å². The van der Waals surface area contributed by atoms with Crippen molar-refractivity contribution in [1.29, 1.82) is 0 Å². The average Bonchev–Trinajstić information content (AvgIpc) is 3.17. The summed E-state index contributed by atoms with van der Waals surface area (Å²) in [4.78, 5) is 0. The Labute approximate surface area is 307 Å². The lowest BCUT2D eigenvalue weighted by atomic mass is 9.83. The standard InChI is InChI=1S/C50H44N2/c1-5-10-36-17-25-40(26-18-36)52-42-29-21-38(22-30-42)48-32-35(4)50(46-14-9-7-12-44(46)48)49-34(3)31-47(43-11-6-8-13-45(43)49)37-19-27-41(28-20-37)51-39-23-15-33(2)16-24-39/h6-9,11-32,51-52H,5,10H2,1-4H3. The maximum absolute atomic E-state index is 3.58. The summed E-state index contributed by atoms with van der Waals surface area (Å²) in [6.45, 7) is 8.87. The molecule has 0 aromatic heterocycles. The van der Waals surface area contributed by atoms with Crippen molar-refractivity contribution >= 4 is 44.3 Å². The quantitative estimate of drug-likeness (QED) is 0.159. The molecule has 0 bridgehead atoms. The fourth-order valence-electron chi connectivity index (χ4n) is 7.65. The molecule has 2 heteroatoms. The third kappa shape index (κ3) is 6.56. The van der Waals surface area contributed by atoms with Gasteiger partial charge in [-0.05, 0) is 147 Å². The maximum atomic E-state index is 3.58. The Bertz CT molecular complexity index is 2510. The van der Waals surface area contributed by atoms with Gasteiger partial charge < -0.3 is 10.6 Å². The molecule has 0 heterocycles. The first-order chi connectivity index (χ1) is 25.4. The Morgan fingerprint density at radius 2 is 0.769 bits per heavy atom. The molecular weight excluding hydrogens is 629 g/mol. The highest BCUT2D eigenvalue weighted by atomic mass is 14.9. The van der Waals surface area contributed by atoms with Gasteiger partial charge in [0, 0.05) is 22.7 Å². The molecule has 0 saturated carbocycles. The van der Waals surface area contributed by atoms with Gasteiger partial charge in [0.1, 0.15) is 0 Å². The highest BCUT2D eigenvalue weighted by Gasteiger charge is 2.19. The minimum absolute atomic E-state index is 1.08. The Morgan fingerprint density at radius 1 is 0.404 bits per heavy atom. The molecule has 0 fully saturated rings. The summed E-state index contributed by atoms with van der Waals surface area (Å²) < 4.78 is 0. The molecule has 0 aliphatic rings. The van der Waals surface area contributed by atoms with E-state index < -0.39 is 0 Å². The molecule has 8 aromatic carbocycles. The molecular formula is C50H44N2. The summed E-state index contributed by atoms with van der Waals surface area (Å²) in [5.74, 6) is 0. The summed E-state index contributed by atoms with van der Waals surface area (Å²) in [5.41, 5.74) is 17.1. The van der Waals surface area contributed by atoms with E-state index in [1.165, 1.54) is 77.2 Å². The lowest BCUT2D eigenvalue weighted by molar-refractivity contribution is 0.922. The van der Waals surface area contributed by atoms with Crippen LogP contribution < -0.4 is 10.6 Å². The van der Waals surface area contributed by atoms with Crippen LogP contribution in [-0.2, 0) is 6.42 Å². The number of hydrogen-bond acceptors (Lipinski definition) is 2. The molecule has 2 nitrogen and oxygen atoms in total. The molecule has 8 rings (SSSR count). The van der Waals surface area contributed by atoms with Crippen molar-refractivity contribution in [3.8, 4) is 33.4 Å². The largest absolute Gasteiger partial charge is 0.356 e. The van der Waals surface area contributed by atoms with Gasteiger partial charge in [-0.25, -0.2) is 0 Å². The fourth-order valence-corrected chi connectivity index (χ4v) is 7.65. The summed E-state index contributed by atoms with van der Waals surface area (Å²) in [6, 6.07) is 57.5. The normalized spacial score (nSPS) is 11.2. The van der Waals surface area contributed by atoms with Gasteiger partial charge in [-0.1, -0.05) is 128 Å². The smallest absolute Gasteiger partial charge is 0.0384 e. The molecule has 8 aromatic rings. The minimum atomic E-state index is 1.08. The Balaban J connectivity index is 1.15. The van der Waals surface area contributed by atoms with Gasteiger partial charge in [0.05, 0.1) is 0 Å². The van der Waals surface area contributed by atoms with E-state index in [2.05, 4.69) is 196 Å². The molecule has 52 heavy (non-hydrogen) atoms. The van der Waals surface area contributed by atoms with E-state index in [0.717, 1.165) is 35.6 Å². The molecule has 0 amide bonds. The molecule has 0 spiro atoms. The van der Waals surface area contributed by atoms with Gasteiger partial charge in [-0.15, -0.1) is 0 Å². The monoisotopic (exact) mass is 672 g/mol. The first-order valence-electron chi connectivity index (χ1n) is 18.4. The topological polar surface area (TPSA) is 24.1 Å². The molecule has 0 aliphatic carbocycles. The summed E-state index contributed by atoms with van der Waals surface area (Å²) >= 11 is 0. The van der Waals surface area contributed by atoms with Crippen LogP contribution in [0.15, 0.2) is 158 Å². The molecule has 2 N–H and O–H groups in total. The highest BCUT2D eigenvalue weighted by Crippen LogP contribution is 2.45. The van der Waals surface area contributed by atoms with Crippen LogP contribution in [-0.4, -0.2) is 0 Å². The zero-order chi connectivity index (χ0) is 35.6. The van der Waals surface area contributed by atoms with E-state index >= 15 is 0 Å². The van der Waals surface area contributed by atoms with E-state index in [1.807, 2.05) is 0 Å². The van der Waals surface area contributed by atoms with E-state index in [-0.39, 0.29) is 0 Å². The van der Waals surface area contributed by atoms with Crippen molar-refractivity contribution < 1.29 is 0 Å². The van der Waals surface area contributed by atoms with Crippen molar-refractivity contribution in [3.05, 3.63) is 180 Å². The van der Waals surface area contributed by atoms with E-state index in [9.17, 15) is 0 Å². The zero-order valence-corrected chi connectivity index (χ0v) is 30.4.